The number of benzene rings is 10. The fraction of sp³-hybridized carbons (Fsp3) is 0.0435. The maximum Gasteiger partial charge on any atom is 0.269 e. The number of ether oxygens (including phenoxy) is 1. The molecule has 0 radical (unpaired) electrons. The second kappa shape index (κ2) is 14.5. The van der Waals surface area contributed by atoms with E-state index in [1.165, 1.54) is 66.6 Å². The van der Waals surface area contributed by atoms with Gasteiger partial charge in [0.2, 0.25) is 0 Å². The van der Waals surface area contributed by atoms with Crippen LogP contribution in [0.25, 0.3) is 83.4 Å². The molecule has 3 atom stereocenters. The van der Waals surface area contributed by atoms with E-state index in [0.717, 1.165) is 67.3 Å². The minimum absolute atomic E-state index is 0.224. The molecule has 0 saturated heterocycles. The molecule has 3 unspecified atom stereocenters. The van der Waals surface area contributed by atoms with Crippen molar-refractivity contribution in [1.82, 2.24) is 14.1 Å². The van der Waals surface area contributed by atoms with Gasteiger partial charge in [-0.3, -0.25) is 13.7 Å². The van der Waals surface area contributed by atoms with Gasteiger partial charge >= 0.3 is 0 Å². The minimum atomic E-state index is -0.405. The highest BCUT2D eigenvalue weighted by Crippen LogP contribution is 2.81. The largest absolute Gasteiger partial charge is 0.458 e. The number of pyridine rings is 1. The number of hydrogen-bond acceptors (Lipinski definition) is 2. The van der Waals surface area contributed by atoms with Crippen LogP contribution < -0.4 is 9.30 Å². The van der Waals surface area contributed by atoms with E-state index in [1.807, 2.05) is 24.4 Å². The average Bonchev–Trinajstić information content (AvgIpc) is 4.07. The van der Waals surface area contributed by atoms with E-state index in [0.29, 0.717) is 0 Å². The first kappa shape index (κ1) is 40.1. The molecule has 0 saturated carbocycles. The Morgan fingerprint density at radius 1 is 0.446 bits per heavy atom. The predicted molar refractivity (Wildman–Crippen MR) is 294 cm³/mol. The quantitative estimate of drug-likeness (QED) is 0.127. The van der Waals surface area contributed by atoms with E-state index < -0.39 is 5.41 Å². The third-order valence-corrected chi connectivity index (χ3v) is 17.1. The van der Waals surface area contributed by atoms with Crippen molar-refractivity contribution in [3.05, 3.63) is 294 Å². The van der Waals surface area contributed by atoms with E-state index >= 15 is 0 Å². The first-order valence-electron chi connectivity index (χ1n) is 25.6. The highest BCUT2D eigenvalue weighted by molar-refractivity contribution is 6.09. The summed E-state index contributed by atoms with van der Waals surface area (Å²) < 4.78 is 13.7. The fourth-order valence-electron chi connectivity index (χ4n) is 14.4. The van der Waals surface area contributed by atoms with Crippen LogP contribution in [0.5, 0.6) is 11.5 Å². The van der Waals surface area contributed by atoms with Gasteiger partial charge < -0.3 is 4.74 Å². The predicted octanol–water partition coefficient (Wildman–Crippen LogP) is 15.4. The molecule has 1 spiro atoms. The van der Waals surface area contributed by atoms with Crippen molar-refractivity contribution in [2.45, 2.75) is 16.7 Å². The number of imidazole rings is 1. The van der Waals surface area contributed by atoms with E-state index in [2.05, 4.69) is 244 Å². The summed E-state index contributed by atoms with van der Waals surface area (Å²) >= 11 is 0. The zero-order valence-corrected chi connectivity index (χ0v) is 39.9. The molecule has 0 bridgehead atoms. The van der Waals surface area contributed by atoms with Crippen LogP contribution in [-0.4, -0.2) is 14.1 Å². The monoisotopic (exact) mass is 942 g/mol. The van der Waals surface area contributed by atoms with E-state index in [9.17, 15) is 0 Å². The molecule has 5 heteroatoms. The van der Waals surface area contributed by atoms with Gasteiger partial charge in [0.25, 0.3) is 6.33 Å². The molecule has 10 aromatic carbocycles. The van der Waals surface area contributed by atoms with Gasteiger partial charge in [0.15, 0.2) is 0 Å². The molecule has 0 fully saturated rings. The number of nitrogens with zero attached hydrogens (tertiary/aromatic N) is 4. The minimum Gasteiger partial charge on any atom is -0.458 e. The second-order valence-corrected chi connectivity index (χ2v) is 20.3. The Morgan fingerprint density at radius 3 is 1.88 bits per heavy atom. The number of para-hydroxylation sites is 2. The molecule has 4 aliphatic rings. The van der Waals surface area contributed by atoms with Crippen LogP contribution >= 0.6 is 0 Å². The molecule has 0 amide bonds. The Hall–Kier alpha value is -9.58. The topological polar surface area (TPSA) is 35.9 Å². The zero-order chi connectivity index (χ0) is 48.3. The number of hydrogen-bond donors (Lipinski definition) is 0. The van der Waals surface area contributed by atoms with Gasteiger partial charge in [-0.25, -0.2) is 4.98 Å². The Labute approximate surface area is 427 Å². The molecule has 5 nitrogen and oxygen atoms in total. The smallest absolute Gasteiger partial charge is 0.269 e. The Kier molecular flexibility index (Phi) is 7.86. The van der Waals surface area contributed by atoms with E-state index in [1.54, 1.807) is 0 Å². The lowest BCUT2D eigenvalue weighted by molar-refractivity contribution is -0.571. The standard InChI is InChI=1S/C69H42N4O/c1-3-21-49-47(19-1)48-20-2-4-22-50(48)54-26-16-32-62-67(54)72(42-71(62)44-17-15-18-45(40-44)74-46-35-37-53-51-23-7-12-31-61(51)73(64(53)41-46)65-33-13-14-38-70-65)63-39-43(34-36-52(49)63)68-57-27-8-5-24-55(57)66-56-25-6-9-28-58(56)69(66,68)60-30-11-10-29-59(60)68/h1-41,66H. The number of aromatic nitrogens is 4. The molecule has 3 aliphatic carbocycles. The van der Waals surface area contributed by atoms with Crippen LogP contribution in [0.15, 0.2) is 249 Å². The molecule has 4 heterocycles. The normalized spacial score (nSPS) is 18.0. The van der Waals surface area contributed by atoms with E-state index in [4.69, 9.17) is 9.72 Å². The molecule has 3 aromatic heterocycles. The molecule has 74 heavy (non-hydrogen) atoms. The summed E-state index contributed by atoms with van der Waals surface area (Å²) in [6.45, 7) is 0. The summed E-state index contributed by atoms with van der Waals surface area (Å²) in [6, 6.07) is 89.0. The maximum absolute atomic E-state index is 6.85. The Bertz CT molecular complexity index is 4560. The first-order valence-corrected chi connectivity index (χ1v) is 25.6. The average molecular weight is 943 g/mol. The van der Waals surface area contributed by atoms with Crippen LogP contribution in [0.3, 0.4) is 0 Å². The second-order valence-electron chi connectivity index (χ2n) is 20.3. The first-order chi connectivity index (χ1) is 36.7. The Morgan fingerprint density at radius 2 is 1.07 bits per heavy atom. The van der Waals surface area contributed by atoms with Crippen LogP contribution in [0.4, 0.5) is 0 Å². The summed E-state index contributed by atoms with van der Waals surface area (Å²) in [5, 5.41) is 2.32. The Balaban J connectivity index is 0.887. The summed E-state index contributed by atoms with van der Waals surface area (Å²) in [6.07, 6.45) is 5.87. The van der Waals surface area contributed by atoms with Gasteiger partial charge in [0.1, 0.15) is 17.3 Å². The van der Waals surface area contributed by atoms with Gasteiger partial charge in [-0.1, -0.05) is 182 Å². The molecular formula is C69H42N4O. The zero-order valence-electron chi connectivity index (χ0n) is 39.9. The SMILES string of the molecule is [c-]1n(-c2cccc(Oc3ccc4c5ccccc5n(-c5ccccn5)c4c3)c2)c2cccc3c2[n+]1-c1cc(C24c5ccccc5C5c6ccccc6C52c2ccccc24)ccc1-c1ccccc1-c1ccccc1-3. The molecule has 13 aromatic rings. The molecule has 17 rings (SSSR count). The lowest BCUT2D eigenvalue weighted by Crippen LogP contribution is -2.64. The third kappa shape index (κ3) is 4.89. The van der Waals surface area contributed by atoms with Crippen LogP contribution in [0, 0.1) is 6.33 Å². The van der Waals surface area contributed by atoms with Crippen molar-refractivity contribution in [2.24, 2.45) is 0 Å². The molecule has 0 N–H and O–H groups in total. The summed E-state index contributed by atoms with van der Waals surface area (Å²) in [5.41, 5.74) is 22.6. The van der Waals surface area contributed by atoms with Crippen molar-refractivity contribution >= 4 is 32.8 Å². The van der Waals surface area contributed by atoms with Crippen LogP contribution in [-0.2, 0) is 10.8 Å². The summed E-state index contributed by atoms with van der Waals surface area (Å²) in [5.74, 6) is 2.60. The molecule has 344 valence electrons. The van der Waals surface area contributed by atoms with Gasteiger partial charge in [0, 0.05) is 34.4 Å². The summed E-state index contributed by atoms with van der Waals surface area (Å²) in [7, 11) is 0. The van der Waals surface area contributed by atoms with Crippen molar-refractivity contribution in [3.8, 4) is 62.1 Å². The van der Waals surface area contributed by atoms with Crippen molar-refractivity contribution in [3.63, 3.8) is 0 Å². The number of rotatable bonds is 5. The van der Waals surface area contributed by atoms with Crippen LogP contribution in [0.1, 0.15) is 44.9 Å². The van der Waals surface area contributed by atoms with Gasteiger partial charge in [-0.15, -0.1) is 0 Å². The molecular weight excluding hydrogens is 901 g/mol. The van der Waals surface area contributed by atoms with Crippen molar-refractivity contribution in [1.29, 1.82) is 0 Å². The lowest BCUT2D eigenvalue weighted by atomic mass is 9.35. The fourth-order valence-corrected chi connectivity index (χ4v) is 14.4. The van der Waals surface area contributed by atoms with Crippen LogP contribution in [0.2, 0.25) is 0 Å². The number of fused-ring (bicyclic) bond motifs is 17. The lowest BCUT2D eigenvalue weighted by Gasteiger charge is -2.65. The third-order valence-electron chi connectivity index (χ3n) is 17.1. The van der Waals surface area contributed by atoms with Gasteiger partial charge in [-0.05, 0) is 127 Å². The van der Waals surface area contributed by atoms with Crippen molar-refractivity contribution < 1.29 is 9.30 Å². The summed E-state index contributed by atoms with van der Waals surface area (Å²) in [4.78, 5) is 4.76. The van der Waals surface area contributed by atoms with E-state index in [-0.39, 0.29) is 11.3 Å². The highest BCUT2D eigenvalue weighted by atomic mass is 16.5. The molecule has 1 aliphatic heterocycles. The van der Waals surface area contributed by atoms with Crippen molar-refractivity contribution in [2.75, 3.05) is 0 Å². The van der Waals surface area contributed by atoms with Gasteiger partial charge in [0.05, 0.1) is 38.9 Å². The maximum atomic E-state index is 6.85. The van der Waals surface area contributed by atoms with Gasteiger partial charge in [-0.2, -0.15) is 0 Å². The highest BCUT2D eigenvalue weighted by Gasteiger charge is 2.77.